The first-order valence-electron chi connectivity index (χ1n) is 9.45. The van der Waals surface area contributed by atoms with Gasteiger partial charge in [-0.05, 0) is 31.5 Å². The number of hydrogen-bond acceptors (Lipinski definition) is 6. The lowest BCUT2D eigenvalue weighted by Gasteiger charge is -2.27. The third kappa shape index (κ3) is 3.20. The number of benzene rings is 1. The number of nitrogens with one attached hydrogen (secondary N) is 1. The van der Waals surface area contributed by atoms with Gasteiger partial charge in [-0.2, -0.15) is 15.6 Å². The number of fused-ring (bicyclic) bond motifs is 1. The molecule has 28 heavy (non-hydrogen) atoms. The third-order valence-corrected chi connectivity index (χ3v) is 5.59. The molecule has 2 aliphatic rings. The first-order chi connectivity index (χ1) is 13.6. The van der Waals surface area contributed by atoms with Gasteiger partial charge in [-0.25, -0.2) is 0 Å². The van der Waals surface area contributed by atoms with E-state index in [4.69, 9.17) is 4.74 Å². The Labute approximate surface area is 163 Å². The number of aliphatic imine (C=N–C) groups is 1. The SMILES string of the molecule is CC1=NC(C)=C(C#N)C(c2ccc3n[nH]c(CN4CCOCC4)c3c2)C1C#N. The van der Waals surface area contributed by atoms with Crippen LogP contribution in [0.2, 0.25) is 0 Å². The molecular formula is C21H22N6O. The van der Waals surface area contributed by atoms with E-state index in [2.05, 4.69) is 38.3 Å². The van der Waals surface area contributed by atoms with Gasteiger partial charge in [-0.3, -0.25) is 15.0 Å². The second-order valence-corrected chi connectivity index (χ2v) is 7.32. The van der Waals surface area contributed by atoms with E-state index in [-0.39, 0.29) is 5.92 Å². The minimum atomic E-state index is -0.439. The van der Waals surface area contributed by atoms with Crippen LogP contribution in [-0.2, 0) is 11.3 Å². The number of morpholine rings is 1. The van der Waals surface area contributed by atoms with E-state index >= 15 is 0 Å². The lowest BCUT2D eigenvalue weighted by Crippen LogP contribution is -2.35. The van der Waals surface area contributed by atoms with Crippen molar-refractivity contribution >= 4 is 16.6 Å². The van der Waals surface area contributed by atoms with E-state index in [9.17, 15) is 10.5 Å². The second-order valence-electron chi connectivity index (χ2n) is 7.32. The molecule has 142 valence electrons. The number of rotatable bonds is 3. The molecule has 0 amide bonds. The molecule has 0 radical (unpaired) electrons. The highest BCUT2D eigenvalue weighted by Gasteiger charge is 2.34. The molecule has 0 spiro atoms. The summed E-state index contributed by atoms with van der Waals surface area (Å²) in [6.45, 7) is 7.76. The van der Waals surface area contributed by atoms with Crippen molar-refractivity contribution in [2.45, 2.75) is 26.3 Å². The number of nitrogens with zero attached hydrogens (tertiary/aromatic N) is 5. The Bertz CT molecular complexity index is 1050. The molecule has 2 aliphatic heterocycles. The number of H-pyrrole nitrogens is 1. The Balaban J connectivity index is 1.74. The van der Waals surface area contributed by atoms with Gasteiger partial charge in [0, 0.05) is 36.7 Å². The van der Waals surface area contributed by atoms with E-state index in [1.165, 1.54) is 0 Å². The van der Waals surface area contributed by atoms with Crippen LogP contribution < -0.4 is 0 Å². The van der Waals surface area contributed by atoms with Crippen LogP contribution in [-0.4, -0.2) is 47.1 Å². The first-order valence-corrected chi connectivity index (χ1v) is 9.45. The molecule has 0 saturated carbocycles. The van der Waals surface area contributed by atoms with Crippen LogP contribution in [0.25, 0.3) is 10.9 Å². The van der Waals surface area contributed by atoms with E-state index < -0.39 is 5.92 Å². The quantitative estimate of drug-likeness (QED) is 0.890. The van der Waals surface area contributed by atoms with E-state index in [1.807, 2.05) is 26.0 Å². The number of aromatic nitrogens is 2. The van der Waals surface area contributed by atoms with Crippen molar-refractivity contribution < 1.29 is 4.74 Å². The van der Waals surface area contributed by atoms with Crippen molar-refractivity contribution in [3.8, 4) is 12.1 Å². The Morgan fingerprint density at radius 3 is 2.75 bits per heavy atom. The van der Waals surface area contributed by atoms with Gasteiger partial charge in [-0.1, -0.05) is 6.07 Å². The Kier molecular flexibility index (Phi) is 4.95. The topological polar surface area (TPSA) is 101 Å². The van der Waals surface area contributed by atoms with Crippen molar-refractivity contribution in [1.29, 1.82) is 10.5 Å². The average molecular weight is 374 g/mol. The van der Waals surface area contributed by atoms with E-state index in [0.29, 0.717) is 11.3 Å². The van der Waals surface area contributed by atoms with Crippen LogP contribution in [0.15, 0.2) is 34.5 Å². The zero-order valence-electron chi connectivity index (χ0n) is 16.1. The fourth-order valence-electron chi connectivity index (χ4n) is 4.08. The number of aromatic amines is 1. The van der Waals surface area contributed by atoms with Crippen LogP contribution in [0.1, 0.15) is 31.0 Å². The summed E-state index contributed by atoms with van der Waals surface area (Å²) in [7, 11) is 0. The van der Waals surface area contributed by atoms with Gasteiger partial charge < -0.3 is 4.74 Å². The molecule has 4 rings (SSSR count). The van der Waals surface area contributed by atoms with Gasteiger partial charge >= 0.3 is 0 Å². The average Bonchev–Trinajstić information content (AvgIpc) is 3.10. The zero-order valence-corrected chi connectivity index (χ0v) is 16.1. The van der Waals surface area contributed by atoms with Crippen molar-refractivity contribution in [2.75, 3.05) is 26.3 Å². The molecular weight excluding hydrogens is 352 g/mol. The molecule has 7 nitrogen and oxygen atoms in total. The highest BCUT2D eigenvalue weighted by molar-refractivity contribution is 5.91. The predicted octanol–water partition coefficient (Wildman–Crippen LogP) is 2.89. The smallest absolute Gasteiger partial charge is 0.0973 e. The summed E-state index contributed by atoms with van der Waals surface area (Å²) in [6.07, 6.45) is 0. The second kappa shape index (κ2) is 7.55. The van der Waals surface area contributed by atoms with Gasteiger partial charge in [0.05, 0.1) is 53.8 Å². The van der Waals surface area contributed by atoms with Gasteiger partial charge in [-0.15, -0.1) is 0 Å². The number of ether oxygens (including phenoxy) is 1. The highest BCUT2D eigenvalue weighted by Crippen LogP contribution is 2.39. The molecule has 2 atom stereocenters. The first kappa shape index (κ1) is 18.4. The van der Waals surface area contributed by atoms with Gasteiger partial charge in [0.15, 0.2) is 0 Å². The fraction of sp³-hybridized carbons (Fsp3) is 0.429. The van der Waals surface area contributed by atoms with Crippen LogP contribution in [0.3, 0.4) is 0 Å². The molecule has 1 saturated heterocycles. The monoisotopic (exact) mass is 374 g/mol. The van der Waals surface area contributed by atoms with E-state index in [1.54, 1.807) is 0 Å². The Hall–Kier alpha value is -3.00. The Morgan fingerprint density at radius 2 is 2.04 bits per heavy atom. The molecule has 2 aromatic rings. The molecule has 1 aromatic carbocycles. The molecule has 1 fully saturated rings. The molecule has 2 unspecified atom stereocenters. The molecule has 7 heteroatoms. The lowest BCUT2D eigenvalue weighted by molar-refractivity contribution is 0.0338. The normalized spacial score (nSPS) is 23.4. The molecule has 3 heterocycles. The molecule has 1 N–H and O–H groups in total. The van der Waals surface area contributed by atoms with Crippen LogP contribution in [0.5, 0.6) is 0 Å². The van der Waals surface area contributed by atoms with Gasteiger partial charge in [0.1, 0.15) is 0 Å². The van der Waals surface area contributed by atoms with Gasteiger partial charge in [0.2, 0.25) is 0 Å². The standard InChI is InChI=1S/C21H22N6O/c1-13-17(10-22)21(18(11-23)14(2)24-13)15-3-4-19-16(9-15)20(26-25-19)12-27-5-7-28-8-6-27/h3-4,9,17,21H,5-8,12H2,1-2H3,(H,25,26). The van der Waals surface area contributed by atoms with Crippen LogP contribution in [0.4, 0.5) is 0 Å². The van der Waals surface area contributed by atoms with Crippen molar-refractivity contribution in [1.82, 2.24) is 15.1 Å². The minimum Gasteiger partial charge on any atom is -0.379 e. The summed E-state index contributed by atoms with van der Waals surface area (Å²) >= 11 is 0. The third-order valence-electron chi connectivity index (χ3n) is 5.59. The zero-order chi connectivity index (χ0) is 19.7. The highest BCUT2D eigenvalue weighted by atomic mass is 16.5. The fourth-order valence-corrected chi connectivity index (χ4v) is 4.08. The van der Waals surface area contributed by atoms with Crippen molar-refractivity contribution in [3.63, 3.8) is 0 Å². The summed E-state index contributed by atoms with van der Waals surface area (Å²) in [5.74, 6) is -0.742. The Morgan fingerprint density at radius 1 is 1.25 bits per heavy atom. The number of hydrogen-bond donors (Lipinski definition) is 1. The summed E-state index contributed by atoms with van der Waals surface area (Å²) in [6, 6.07) is 10.6. The van der Waals surface area contributed by atoms with Gasteiger partial charge in [0.25, 0.3) is 0 Å². The lowest BCUT2D eigenvalue weighted by atomic mass is 9.76. The maximum atomic E-state index is 9.74. The molecule has 1 aromatic heterocycles. The summed E-state index contributed by atoms with van der Waals surface area (Å²) in [5.41, 5.74) is 4.90. The summed E-state index contributed by atoms with van der Waals surface area (Å²) in [4.78, 5) is 6.76. The minimum absolute atomic E-state index is 0.303. The maximum Gasteiger partial charge on any atom is 0.0973 e. The van der Waals surface area contributed by atoms with Crippen molar-refractivity contribution in [3.05, 3.63) is 40.7 Å². The van der Waals surface area contributed by atoms with Crippen LogP contribution >= 0.6 is 0 Å². The van der Waals surface area contributed by atoms with E-state index in [0.717, 1.165) is 60.7 Å². The predicted molar refractivity (Wildman–Crippen MR) is 105 cm³/mol. The number of nitriles is 2. The van der Waals surface area contributed by atoms with Crippen molar-refractivity contribution in [2.24, 2.45) is 10.9 Å². The molecule has 0 aliphatic carbocycles. The summed E-state index contributed by atoms with van der Waals surface area (Å²) < 4.78 is 5.43. The molecule has 0 bridgehead atoms. The van der Waals surface area contributed by atoms with Crippen LogP contribution in [0, 0.1) is 28.6 Å². The summed E-state index contributed by atoms with van der Waals surface area (Å²) in [5, 5.41) is 28.1. The largest absolute Gasteiger partial charge is 0.379 e. The number of allylic oxidation sites excluding steroid dienone is 2. The maximum absolute atomic E-state index is 9.74.